The molecule has 2 aromatic carbocycles. The predicted octanol–water partition coefficient (Wildman–Crippen LogP) is 3.49. The number of esters is 1. The Balaban J connectivity index is 1.88. The molecule has 0 saturated carbocycles. The maximum absolute atomic E-state index is 12.8. The van der Waals surface area contributed by atoms with E-state index in [0.29, 0.717) is 11.0 Å². The van der Waals surface area contributed by atoms with E-state index in [1.807, 2.05) is 18.2 Å². The molecule has 4 rings (SSSR count). The van der Waals surface area contributed by atoms with Crippen LogP contribution in [-0.4, -0.2) is 23.6 Å². The monoisotopic (exact) mass is 472 g/mol. The molecule has 0 N–H and O–H groups in total. The van der Waals surface area contributed by atoms with Crippen molar-refractivity contribution in [1.82, 2.24) is 4.57 Å². The van der Waals surface area contributed by atoms with Crippen LogP contribution in [0.3, 0.4) is 0 Å². The fourth-order valence-corrected chi connectivity index (χ4v) is 4.43. The number of thiazole rings is 1. The summed E-state index contributed by atoms with van der Waals surface area (Å²) >= 11 is 4.63. The largest absolute Gasteiger partial charge is 0.468 e. The average Bonchev–Trinajstić information content (AvgIpc) is 3.04. The van der Waals surface area contributed by atoms with Crippen LogP contribution in [0.5, 0.6) is 0 Å². The molecule has 29 heavy (non-hydrogen) atoms. The van der Waals surface area contributed by atoms with E-state index in [1.165, 1.54) is 18.4 Å². The molecule has 0 aliphatic rings. The lowest BCUT2D eigenvalue weighted by Crippen LogP contribution is -2.23. The van der Waals surface area contributed by atoms with Gasteiger partial charge in [0.15, 0.2) is 4.80 Å². The summed E-state index contributed by atoms with van der Waals surface area (Å²) in [6.45, 7) is -0.115. The molecule has 2 heterocycles. The zero-order chi connectivity index (χ0) is 20.5. The molecule has 0 aliphatic carbocycles. The number of fused-ring (bicyclic) bond motifs is 2. The quantitative estimate of drug-likeness (QED) is 0.425. The number of benzene rings is 2. The average molecular weight is 473 g/mol. The molecule has 2 aromatic heterocycles. The number of hydrogen-bond donors (Lipinski definition) is 0. The lowest BCUT2D eigenvalue weighted by Gasteiger charge is -2.03. The summed E-state index contributed by atoms with van der Waals surface area (Å²) in [5, 5.41) is 0.302. The molecule has 9 heteroatoms. The van der Waals surface area contributed by atoms with E-state index >= 15 is 0 Å². The SMILES string of the molecule is COC(=O)Cn1c(=NC(=O)c2coc3ccccc3c2=O)sc2cc(Br)ccc21. The van der Waals surface area contributed by atoms with Crippen LogP contribution in [0.1, 0.15) is 10.4 Å². The third-order valence-electron chi connectivity index (χ3n) is 4.27. The number of aromatic nitrogens is 1. The first-order valence-corrected chi connectivity index (χ1v) is 10.0. The number of carbonyl (C=O) groups excluding carboxylic acids is 2. The lowest BCUT2D eigenvalue weighted by molar-refractivity contribution is -0.141. The highest BCUT2D eigenvalue weighted by Crippen LogP contribution is 2.22. The molecule has 1 amide bonds. The van der Waals surface area contributed by atoms with Gasteiger partial charge in [-0.1, -0.05) is 39.4 Å². The number of methoxy groups -OCH3 is 1. The van der Waals surface area contributed by atoms with Crippen LogP contribution in [0.15, 0.2) is 67.4 Å². The van der Waals surface area contributed by atoms with Crippen molar-refractivity contribution >= 4 is 60.3 Å². The number of para-hydroxylation sites is 1. The minimum atomic E-state index is -0.742. The zero-order valence-corrected chi connectivity index (χ0v) is 17.5. The topological polar surface area (TPSA) is 90.9 Å². The molecule has 0 aliphatic heterocycles. The van der Waals surface area contributed by atoms with E-state index < -0.39 is 17.3 Å². The van der Waals surface area contributed by atoms with Gasteiger partial charge in [-0.3, -0.25) is 14.4 Å². The van der Waals surface area contributed by atoms with Gasteiger partial charge >= 0.3 is 5.97 Å². The summed E-state index contributed by atoms with van der Waals surface area (Å²) in [6, 6.07) is 12.2. The summed E-state index contributed by atoms with van der Waals surface area (Å²) in [5.41, 5.74) is 0.484. The zero-order valence-electron chi connectivity index (χ0n) is 15.0. The van der Waals surface area contributed by atoms with Crippen molar-refractivity contribution in [1.29, 1.82) is 0 Å². The molecular weight excluding hydrogens is 460 g/mol. The van der Waals surface area contributed by atoms with Gasteiger partial charge < -0.3 is 13.7 Å². The third-order valence-corrected chi connectivity index (χ3v) is 5.80. The second-order valence-electron chi connectivity index (χ2n) is 6.05. The van der Waals surface area contributed by atoms with Gasteiger partial charge in [0.2, 0.25) is 5.43 Å². The smallest absolute Gasteiger partial charge is 0.325 e. The van der Waals surface area contributed by atoms with Gasteiger partial charge in [-0.25, -0.2) is 0 Å². The number of carbonyl (C=O) groups is 2. The number of halogens is 1. The highest BCUT2D eigenvalue weighted by molar-refractivity contribution is 9.10. The number of amides is 1. The highest BCUT2D eigenvalue weighted by Gasteiger charge is 2.16. The summed E-state index contributed by atoms with van der Waals surface area (Å²) in [6.07, 6.45) is 1.12. The first kappa shape index (κ1) is 19.3. The third kappa shape index (κ3) is 3.66. The van der Waals surface area contributed by atoms with Crippen LogP contribution >= 0.6 is 27.3 Å². The van der Waals surface area contributed by atoms with Crippen LogP contribution in [0.25, 0.3) is 21.2 Å². The Morgan fingerprint density at radius 3 is 2.83 bits per heavy atom. The standard InChI is InChI=1S/C20H13BrN2O5S/c1-27-17(24)9-23-14-7-6-11(21)8-16(14)29-20(23)22-19(26)13-10-28-15-5-3-2-4-12(15)18(13)25/h2-8,10H,9H2,1H3. The molecule has 4 aromatic rings. The second kappa shape index (κ2) is 7.76. The van der Waals surface area contributed by atoms with E-state index in [0.717, 1.165) is 21.0 Å². The molecule has 0 bridgehead atoms. The van der Waals surface area contributed by atoms with E-state index in [-0.39, 0.29) is 16.9 Å². The molecule has 7 nitrogen and oxygen atoms in total. The number of hydrogen-bond acceptors (Lipinski definition) is 6. The Hall–Kier alpha value is -3.04. The van der Waals surface area contributed by atoms with Crippen LogP contribution in [-0.2, 0) is 16.1 Å². The summed E-state index contributed by atoms with van der Waals surface area (Å²) < 4.78 is 13.4. The Labute approximate surface area is 176 Å². The molecule has 0 spiro atoms. The summed E-state index contributed by atoms with van der Waals surface area (Å²) in [7, 11) is 1.29. The van der Waals surface area contributed by atoms with Crippen molar-refractivity contribution in [3.8, 4) is 0 Å². The van der Waals surface area contributed by atoms with Crippen molar-refractivity contribution in [2.45, 2.75) is 6.54 Å². The number of rotatable bonds is 3. The predicted molar refractivity (Wildman–Crippen MR) is 112 cm³/mol. The fourth-order valence-electron chi connectivity index (χ4n) is 2.85. The van der Waals surface area contributed by atoms with E-state index in [2.05, 4.69) is 20.9 Å². The van der Waals surface area contributed by atoms with Gasteiger partial charge in [-0.05, 0) is 30.3 Å². The first-order chi connectivity index (χ1) is 14.0. The summed E-state index contributed by atoms with van der Waals surface area (Å²) in [5.74, 6) is -1.22. The number of ether oxygens (including phenoxy) is 1. The minimum absolute atomic E-state index is 0.115. The Morgan fingerprint density at radius 2 is 2.03 bits per heavy atom. The van der Waals surface area contributed by atoms with Crippen molar-refractivity contribution in [2.24, 2.45) is 4.99 Å². The van der Waals surface area contributed by atoms with Crippen LogP contribution in [0.2, 0.25) is 0 Å². The van der Waals surface area contributed by atoms with Gasteiger partial charge in [0.1, 0.15) is 24.0 Å². The fraction of sp³-hybridized carbons (Fsp3) is 0.100. The van der Waals surface area contributed by atoms with Gasteiger partial charge in [-0.2, -0.15) is 4.99 Å². The van der Waals surface area contributed by atoms with Gasteiger partial charge in [0.05, 0.1) is 22.7 Å². The molecule has 0 saturated heterocycles. The Bertz CT molecular complexity index is 1400. The molecule has 0 radical (unpaired) electrons. The highest BCUT2D eigenvalue weighted by atomic mass is 79.9. The number of nitrogens with zero attached hydrogens (tertiary/aromatic N) is 2. The second-order valence-corrected chi connectivity index (χ2v) is 7.98. The van der Waals surface area contributed by atoms with Crippen molar-refractivity contribution in [3.63, 3.8) is 0 Å². The van der Waals surface area contributed by atoms with Crippen LogP contribution in [0, 0.1) is 0 Å². The van der Waals surface area contributed by atoms with E-state index in [1.54, 1.807) is 28.8 Å². The van der Waals surface area contributed by atoms with E-state index in [9.17, 15) is 14.4 Å². The molecule has 0 unspecified atom stereocenters. The van der Waals surface area contributed by atoms with Gasteiger partial charge in [0.25, 0.3) is 5.91 Å². The molecular formula is C20H13BrN2O5S. The van der Waals surface area contributed by atoms with Gasteiger partial charge in [0, 0.05) is 4.47 Å². The van der Waals surface area contributed by atoms with Crippen LogP contribution in [0.4, 0.5) is 0 Å². The van der Waals surface area contributed by atoms with Crippen molar-refractivity contribution < 1.29 is 18.7 Å². The molecule has 0 fully saturated rings. The molecule has 0 atom stereocenters. The van der Waals surface area contributed by atoms with Crippen molar-refractivity contribution in [3.05, 3.63) is 73.8 Å². The van der Waals surface area contributed by atoms with Gasteiger partial charge in [-0.15, -0.1) is 0 Å². The van der Waals surface area contributed by atoms with Crippen LogP contribution < -0.4 is 10.2 Å². The van der Waals surface area contributed by atoms with E-state index in [4.69, 9.17) is 9.15 Å². The summed E-state index contributed by atoms with van der Waals surface area (Å²) in [4.78, 5) is 41.7. The molecule has 146 valence electrons. The van der Waals surface area contributed by atoms with Crippen molar-refractivity contribution in [2.75, 3.05) is 7.11 Å². The lowest BCUT2D eigenvalue weighted by atomic mass is 10.2. The minimum Gasteiger partial charge on any atom is -0.468 e. The Morgan fingerprint density at radius 1 is 1.24 bits per heavy atom. The maximum Gasteiger partial charge on any atom is 0.325 e. The maximum atomic E-state index is 12.8. The Kier molecular flexibility index (Phi) is 5.16. The first-order valence-electron chi connectivity index (χ1n) is 8.43. The normalized spacial score (nSPS) is 11.9.